The molecule has 0 saturated carbocycles. The monoisotopic (exact) mass is 404 g/mol. The Morgan fingerprint density at radius 3 is 2.47 bits per heavy atom. The van der Waals surface area contributed by atoms with E-state index in [1.54, 1.807) is 0 Å². The summed E-state index contributed by atoms with van der Waals surface area (Å²) in [4.78, 5) is 17.8. The smallest absolute Gasteiger partial charge is 0.252 e. The summed E-state index contributed by atoms with van der Waals surface area (Å²) in [5.41, 5.74) is 4.39. The number of ether oxygens (including phenoxy) is 1. The van der Waals surface area contributed by atoms with Crippen LogP contribution in [0.3, 0.4) is 0 Å². The second kappa shape index (κ2) is 10.8. The average Bonchev–Trinajstić information content (AvgIpc) is 2.76. The first-order valence-corrected chi connectivity index (χ1v) is 11.0. The number of nitrogens with zero attached hydrogens (tertiary/aromatic N) is 1. The first-order chi connectivity index (χ1) is 14.6. The van der Waals surface area contributed by atoms with E-state index in [2.05, 4.69) is 12.2 Å². The van der Waals surface area contributed by atoms with Crippen LogP contribution in [-0.2, 0) is 0 Å². The summed E-state index contributed by atoms with van der Waals surface area (Å²) in [6.07, 6.45) is 5.88. The van der Waals surface area contributed by atoms with E-state index in [4.69, 9.17) is 9.72 Å². The van der Waals surface area contributed by atoms with E-state index < -0.39 is 0 Å². The molecule has 0 aliphatic carbocycles. The van der Waals surface area contributed by atoms with Gasteiger partial charge in [0.15, 0.2) is 0 Å². The Hall–Kier alpha value is -2.88. The molecule has 0 atom stereocenters. The van der Waals surface area contributed by atoms with Gasteiger partial charge in [0.25, 0.3) is 5.91 Å². The fourth-order valence-electron chi connectivity index (χ4n) is 3.59. The van der Waals surface area contributed by atoms with E-state index in [9.17, 15) is 4.79 Å². The van der Waals surface area contributed by atoms with E-state index in [0.29, 0.717) is 18.7 Å². The molecule has 0 fully saturated rings. The second-order valence-electron chi connectivity index (χ2n) is 7.70. The summed E-state index contributed by atoms with van der Waals surface area (Å²) in [6.45, 7) is 7.55. The molecule has 1 aromatic heterocycles. The zero-order valence-corrected chi connectivity index (χ0v) is 18.3. The number of aromatic nitrogens is 1. The molecule has 1 amide bonds. The van der Waals surface area contributed by atoms with Gasteiger partial charge in [-0.15, -0.1) is 0 Å². The van der Waals surface area contributed by atoms with Crippen LogP contribution in [0.15, 0.2) is 48.5 Å². The van der Waals surface area contributed by atoms with Gasteiger partial charge in [-0.1, -0.05) is 44.2 Å². The van der Waals surface area contributed by atoms with Crippen LogP contribution >= 0.6 is 0 Å². The summed E-state index contributed by atoms with van der Waals surface area (Å²) >= 11 is 0. The highest BCUT2D eigenvalue weighted by molar-refractivity contribution is 6.07. The number of nitrogens with one attached hydrogen (secondary N) is 1. The molecule has 2 aromatic carbocycles. The summed E-state index contributed by atoms with van der Waals surface area (Å²) < 4.78 is 5.54. The van der Waals surface area contributed by atoms with Crippen molar-refractivity contribution in [1.82, 2.24) is 10.3 Å². The zero-order chi connectivity index (χ0) is 21.3. The van der Waals surface area contributed by atoms with Crippen LogP contribution in [0.5, 0.6) is 5.75 Å². The molecule has 0 saturated heterocycles. The summed E-state index contributed by atoms with van der Waals surface area (Å²) in [5, 5.41) is 4.00. The molecule has 0 radical (unpaired) electrons. The van der Waals surface area contributed by atoms with Gasteiger partial charge in [0.05, 0.1) is 23.4 Å². The minimum absolute atomic E-state index is 0.0318. The van der Waals surface area contributed by atoms with E-state index in [1.807, 2.05) is 62.4 Å². The lowest BCUT2D eigenvalue weighted by Crippen LogP contribution is -2.24. The lowest BCUT2D eigenvalue weighted by molar-refractivity contribution is 0.0954. The molecular weight excluding hydrogens is 372 g/mol. The summed E-state index contributed by atoms with van der Waals surface area (Å²) in [7, 11) is 0. The third-order valence-corrected chi connectivity index (χ3v) is 5.24. The minimum atomic E-state index is -0.0318. The van der Waals surface area contributed by atoms with Crippen LogP contribution < -0.4 is 10.1 Å². The summed E-state index contributed by atoms with van der Waals surface area (Å²) in [6, 6.07) is 15.8. The standard InChI is InChI=1S/C26H32N2O2/c1-4-6-7-8-9-16-27-26(29)23-18-25(20-11-13-21(14-12-20)30-5-2)28-24-15-10-19(3)17-22(23)24/h10-15,17-18H,4-9,16H2,1-3H3,(H,27,29). The van der Waals surface area contributed by atoms with Gasteiger partial charge in [0.2, 0.25) is 0 Å². The van der Waals surface area contributed by atoms with Gasteiger partial charge in [-0.25, -0.2) is 4.98 Å². The van der Waals surface area contributed by atoms with Crippen molar-refractivity contribution < 1.29 is 9.53 Å². The molecule has 1 N–H and O–H groups in total. The van der Waals surface area contributed by atoms with Gasteiger partial charge < -0.3 is 10.1 Å². The highest BCUT2D eigenvalue weighted by Gasteiger charge is 2.14. The first kappa shape index (κ1) is 21.8. The fourth-order valence-corrected chi connectivity index (χ4v) is 3.59. The number of hydrogen-bond acceptors (Lipinski definition) is 3. The quantitative estimate of drug-likeness (QED) is 0.403. The molecule has 0 unspecified atom stereocenters. The third-order valence-electron chi connectivity index (χ3n) is 5.24. The maximum absolute atomic E-state index is 13.0. The number of aryl methyl sites for hydroxylation is 1. The van der Waals surface area contributed by atoms with Crippen molar-refractivity contribution in [3.63, 3.8) is 0 Å². The number of benzene rings is 2. The number of carbonyl (C=O) groups is 1. The van der Waals surface area contributed by atoms with Crippen LogP contribution in [0, 0.1) is 6.92 Å². The first-order valence-electron chi connectivity index (χ1n) is 11.0. The van der Waals surface area contributed by atoms with Gasteiger partial charge in [0, 0.05) is 17.5 Å². The lowest BCUT2D eigenvalue weighted by atomic mass is 10.0. The number of amides is 1. The van der Waals surface area contributed by atoms with Crippen LogP contribution in [-0.4, -0.2) is 24.0 Å². The Bertz CT molecular complexity index is 980. The Morgan fingerprint density at radius 2 is 1.73 bits per heavy atom. The van der Waals surface area contributed by atoms with Gasteiger partial charge in [-0.05, 0) is 62.7 Å². The normalized spacial score (nSPS) is 10.9. The predicted octanol–water partition coefficient (Wildman–Crippen LogP) is 6.31. The molecule has 3 rings (SSSR count). The molecule has 158 valence electrons. The van der Waals surface area contributed by atoms with Crippen molar-refractivity contribution in [2.45, 2.75) is 52.9 Å². The van der Waals surface area contributed by atoms with Crippen molar-refractivity contribution in [3.8, 4) is 17.0 Å². The zero-order valence-electron chi connectivity index (χ0n) is 18.3. The highest BCUT2D eigenvalue weighted by Crippen LogP contribution is 2.27. The lowest BCUT2D eigenvalue weighted by Gasteiger charge is -2.12. The molecule has 4 nitrogen and oxygen atoms in total. The van der Waals surface area contributed by atoms with Crippen LogP contribution in [0.1, 0.15) is 61.9 Å². The number of pyridine rings is 1. The van der Waals surface area contributed by atoms with Crippen molar-refractivity contribution in [2.24, 2.45) is 0 Å². The molecular formula is C26H32N2O2. The molecule has 0 aliphatic heterocycles. The van der Waals surface area contributed by atoms with E-state index in [0.717, 1.165) is 46.3 Å². The van der Waals surface area contributed by atoms with Crippen LogP contribution in [0.2, 0.25) is 0 Å². The Kier molecular flexibility index (Phi) is 7.83. The largest absolute Gasteiger partial charge is 0.494 e. The SMILES string of the molecule is CCCCCCCNC(=O)c1cc(-c2ccc(OCC)cc2)nc2ccc(C)cc12. The number of fused-ring (bicyclic) bond motifs is 1. The Balaban J connectivity index is 1.86. The molecule has 1 heterocycles. The molecule has 30 heavy (non-hydrogen) atoms. The predicted molar refractivity (Wildman–Crippen MR) is 124 cm³/mol. The van der Waals surface area contributed by atoms with Gasteiger partial charge in [0.1, 0.15) is 5.75 Å². The Morgan fingerprint density at radius 1 is 0.967 bits per heavy atom. The van der Waals surface area contributed by atoms with Crippen LogP contribution in [0.25, 0.3) is 22.2 Å². The number of rotatable bonds is 10. The number of hydrogen-bond donors (Lipinski definition) is 1. The van der Waals surface area contributed by atoms with Gasteiger partial charge >= 0.3 is 0 Å². The molecule has 0 bridgehead atoms. The summed E-state index contributed by atoms with van der Waals surface area (Å²) in [5.74, 6) is 0.800. The maximum Gasteiger partial charge on any atom is 0.252 e. The highest BCUT2D eigenvalue weighted by atomic mass is 16.5. The number of unbranched alkanes of at least 4 members (excludes halogenated alkanes) is 4. The number of carbonyl (C=O) groups excluding carboxylic acids is 1. The van der Waals surface area contributed by atoms with Gasteiger partial charge in [-0.3, -0.25) is 4.79 Å². The van der Waals surface area contributed by atoms with Crippen LogP contribution in [0.4, 0.5) is 0 Å². The van der Waals surface area contributed by atoms with Crippen molar-refractivity contribution in [1.29, 1.82) is 0 Å². The molecule has 0 spiro atoms. The molecule has 4 heteroatoms. The topological polar surface area (TPSA) is 51.2 Å². The van der Waals surface area contributed by atoms with E-state index in [-0.39, 0.29) is 5.91 Å². The fraction of sp³-hybridized carbons (Fsp3) is 0.385. The average molecular weight is 405 g/mol. The van der Waals surface area contributed by atoms with Crippen molar-refractivity contribution in [2.75, 3.05) is 13.2 Å². The van der Waals surface area contributed by atoms with Crippen molar-refractivity contribution >= 4 is 16.8 Å². The molecule has 3 aromatic rings. The minimum Gasteiger partial charge on any atom is -0.494 e. The Labute approximate surface area is 179 Å². The van der Waals surface area contributed by atoms with E-state index >= 15 is 0 Å². The maximum atomic E-state index is 13.0. The molecule has 0 aliphatic rings. The van der Waals surface area contributed by atoms with Crippen molar-refractivity contribution in [3.05, 3.63) is 59.7 Å². The third kappa shape index (κ3) is 5.59. The van der Waals surface area contributed by atoms with Gasteiger partial charge in [-0.2, -0.15) is 0 Å². The van der Waals surface area contributed by atoms with E-state index in [1.165, 1.54) is 19.3 Å². The second-order valence-corrected chi connectivity index (χ2v) is 7.70.